The van der Waals surface area contributed by atoms with Crippen molar-refractivity contribution in [3.63, 3.8) is 0 Å². The second-order valence-electron chi connectivity index (χ2n) is 3.63. The summed E-state index contributed by atoms with van der Waals surface area (Å²) in [5.41, 5.74) is 3.09. The van der Waals surface area contributed by atoms with Crippen molar-refractivity contribution in [1.29, 1.82) is 0 Å². The molecule has 0 radical (unpaired) electrons. The molecule has 0 aliphatic carbocycles. The van der Waals surface area contributed by atoms with Crippen molar-refractivity contribution in [2.24, 2.45) is 0 Å². The Hall–Kier alpha value is -1.83. The van der Waals surface area contributed by atoms with Crippen molar-refractivity contribution < 1.29 is 4.42 Å². The number of benzene rings is 1. The molecule has 74 valence electrons. The molecular weight excluding hydrogens is 186 g/mol. The third-order valence-electron chi connectivity index (χ3n) is 2.74. The minimum Gasteiger partial charge on any atom is -0.456 e. The van der Waals surface area contributed by atoms with Gasteiger partial charge in [0, 0.05) is 28.7 Å². The van der Waals surface area contributed by atoms with E-state index < -0.39 is 0 Å². The monoisotopic (exact) mass is 197 g/mol. The molecule has 0 N–H and O–H groups in total. The average molecular weight is 197 g/mol. The number of rotatable bonds is 1. The predicted octanol–water partition coefficient (Wildman–Crippen LogP) is 3.54. The van der Waals surface area contributed by atoms with E-state index in [0.29, 0.717) is 0 Å². The van der Waals surface area contributed by atoms with Gasteiger partial charge in [-0.2, -0.15) is 0 Å². The van der Waals surface area contributed by atoms with Gasteiger partial charge in [0.1, 0.15) is 11.2 Å². The van der Waals surface area contributed by atoms with Crippen molar-refractivity contribution in [1.82, 2.24) is 4.98 Å². The van der Waals surface area contributed by atoms with Crippen LogP contribution < -0.4 is 0 Å². The molecule has 2 aromatic heterocycles. The zero-order valence-corrected chi connectivity index (χ0v) is 8.53. The van der Waals surface area contributed by atoms with Gasteiger partial charge in [-0.05, 0) is 12.5 Å². The molecule has 0 bridgehead atoms. The molecule has 3 aromatic rings. The Morgan fingerprint density at radius 3 is 2.87 bits per heavy atom. The fourth-order valence-electron chi connectivity index (χ4n) is 1.94. The highest BCUT2D eigenvalue weighted by Gasteiger charge is 2.08. The largest absolute Gasteiger partial charge is 0.456 e. The smallest absolute Gasteiger partial charge is 0.141 e. The van der Waals surface area contributed by atoms with Crippen LogP contribution in [0.25, 0.3) is 21.9 Å². The number of aryl methyl sites for hydroxylation is 1. The third kappa shape index (κ3) is 1.14. The average Bonchev–Trinajstić information content (AvgIpc) is 2.67. The van der Waals surface area contributed by atoms with Crippen molar-refractivity contribution in [3.8, 4) is 0 Å². The Morgan fingerprint density at radius 2 is 2.00 bits per heavy atom. The summed E-state index contributed by atoms with van der Waals surface area (Å²) in [5.74, 6) is 0. The number of para-hydroxylation sites is 1. The van der Waals surface area contributed by atoms with E-state index in [-0.39, 0.29) is 0 Å². The van der Waals surface area contributed by atoms with Gasteiger partial charge in [-0.15, -0.1) is 0 Å². The Balaban J connectivity index is 2.53. The van der Waals surface area contributed by atoms with Crippen molar-refractivity contribution in [2.75, 3.05) is 0 Å². The topological polar surface area (TPSA) is 26.0 Å². The first kappa shape index (κ1) is 8.48. The summed E-state index contributed by atoms with van der Waals surface area (Å²) in [6.45, 7) is 2.11. The molecule has 0 atom stereocenters. The molecule has 15 heavy (non-hydrogen) atoms. The summed E-state index contributed by atoms with van der Waals surface area (Å²) in [6.07, 6.45) is 4.70. The highest BCUT2D eigenvalue weighted by molar-refractivity contribution is 6.05. The number of aromatic nitrogens is 1. The molecule has 2 heteroatoms. The van der Waals surface area contributed by atoms with E-state index in [1.54, 1.807) is 0 Å². The van der Waals surface area contributed by atoms with Gasteiger partial charge in [-0.25, -0.2) is 0 Å². The summed E-state index contributed by atoms with van der Waals surface area (Å²) < 4.78 is 5.83. The van der Waals surface area contributed by atoms with Gasteiger partial charge in [-0.1, -0.05) is 25.1 Å². The molecule has 0 saturated heterocycles. The summed E-state index contributed by atoms with van der Waals surface area (Å²) in [6, 6.07) is 8.08. The Labute approximate surface area is 87.5 Å². The van der Waals surface area contributed by atoms with Gasteiger partial charge in [-0.3, -0.25) is 4.98 Å². The molecule has 0 aliphatic heterocycles. The number of fused-ring (bicyclic) bond motifs is 3. The zero-order chi connectivity index (χ0) is 10.3. The molecule has 0 saturated carbocycles. The van der Waals surface area contributed by atoms with E-state index in [2.05, 4.69) is 18.0 Å². The van der Waals surface area contributed by atoms with Gasteiger partial charge >= 0.3 is 0 Å². The molecule has 3 rings (SSSR count). The van der Waals surface area contributed by atoms with Crippen molar-refractivity contribution in [3.05, 3.63) is 42.2 Å². The van der Waals surface area contributed by atoms with E-state index >= 15 is 0 Å². The van der Waals surface area contributed by atoms with Gasteiger partial charge in [0.05, 0.1) is 0 Å². The predicted molar refractivity (Wildman–Crippen MR) is 60.9 cm³/mol. The molecule has 0 spiro atoms. The lowest BCUT2D eigenvalue weighted by Gasteiger charge is -1.95. The van der Waals surface area contributed by atoms with Crippen molar-refractivity contribution in [2.45, 2.75) is 13.3 Å². The van der Waals surface area contributed by atoms with Crippen LogP contribution in [0.5, 0.6) is 0 Å². The number of nitrogens with zero attached hydrogens (tertiary/aromatic N) is 1. The normalized spacial score (nSPS) is 11.3. The first-order chi connectivity index (χ1) is 7.40. The van der Waals surface area contributed by atoms with E-state index in [9.17, 15) is 0 Å². The van der Waals surface area contributed by atoms with E-state index in [1.165, 1.54) is 5.56 Å². The summed E-state index contributed by atoms with van der Waals surface area (Å²) in [7, 11) is 0. The molecule has 0 fully saturated rings. The molecule has 1 aromatic carbocycles. The van der Waals surface area contributed by atoms with Crippen LogP contribution in [-0.4, -0.2) is 4.98 Å². The SMILES string of the molecule is CCc1cncc2c1oc1ccccc12. The first-order valence-electron chi connectivity index (χ1n) is 5.14. The molecule has 2 nitrogen and oxygen atoms in total. The Kier molecular flexibility index (Phi) is 1.75. The summed E-state index contributed by atoms with van der Waals surface area (Å²) in [4.78, 5) is 4.25. The van der Waals surface area contributed by atoms with Crippen LogP contribution >= 0.6 is 0 Å². The minimum atomic E-state index is 0.940. The number of furan rings is 1. The zero-order valence-electron chi connectivity index (χ0n) is 8.53. The standard InChI is InChI=1S/C13H11NO/c1-2-9-7-14-8-11-10-5-3-4-6-12(10)15-13(9)11/h3-8H,2H2,1H3. The van der Waals surface area contributed by atoms with Crippen LogP contribution in [-0.2, 0) is 6.42 Å². The minimum absolute atomic E-state index is 0.940. The van der Waals surface area contributed by atoms with E-state index in [1.807, 2.05) is 30.6 Å². The first-order valence-corrected chi connectivity index (χ1v) is 5.14. The molecule has 0 amide bonds. The fraction of sp³-hybridized carbons (Fsp3) is 0.154. The highest BCUT2D eigenvalue weighted by atomic mass is 16.3. The fourth-order valence-corrected chi connectivity index (χ4v) is 1.94. The van der Waals surface area contributed by atoms with Gasteiger partial charge in [0.15, 0.2) is 0 Å². The molecule has 0 unspecified atom stereocenters. The maximum atomic E-state index is 5.83. The second-order valence-corrected chi connectivity index (χ2v) is 3.63. The van der Waals surface area contributed by atoms with E-state index in [4.69, 9.17) is 4.42 Å². The second kappa shape index (κ2) is 3.09. The van der Waals surface area contributed by atoms with E-state index in [0.717, 1.165) is 28.4 Å². The van der Waals surface area contributed by atoms with Gasteiger partial charge in [0.2, 0.25) is 0 Å². The number of hydrogen-bond donors (Lipinski definition) is 0. The summed E-state index contributed by atoms with van der Waals surface area (Å²) in [5, 5.41) is 2.26. The van der Waals surface area contributed by atoms with Crippen LogP contribution in [0.2, 0.25) is 0 Å². The lowest BCUT2D eigenvalue weighted by molar-refractivity contribution is 0.662. The molecule has 0 aliphatic rings. The Morgan fingerprint density at radius 1 is 1.13 bits per heavy atom. The van der Waals surface area contributed by atoms with Gasteiger partial charge in [0.25, 0.3) is 0 Å². The lowest BCUT2D eigenvalue weighted by Crippen LogP contribution is -1.82. The molecular formula is C13H11NO. The quantitative estimate of drug-likeness (QED) is 0.596. The lowest BCUT2D eigenvalue weighted by atomic mass is 10.1. The van der Waals surface area contributed by atoms with Crippen LogP contribution in [0.1, 0.15) is 12.5 Å². The number of pyridine rings is 1. The summed E-state index contributed by atoms with van der Waals surface area (Å²) >= 11 is 0. The van der Waals surface area contributed by atoms with Crippen LogP contribution in [0.15, 0.2) is 41.1 Å². The van der Waals surface area contributed by atoms with Crippen LogP contribution in [0.3, 0.4) is 0 Å². The van der Waals surface area contributed by atoms with Crippen LogP contribution in [0, 0.1) is 0 Å². The van der Waals surface area contributed by atoms with Crippen molar-refractivity contribution >= 4 is 21.9 Å². The Bertz CT molecular complexity index is 625. The van der Waals surface area contributed by atoms with Gasteiger partial charge < -0.3 is 4.42 Å². The third-order valence-corrected chi connectivity index (χ3v) is 2.74. The number of hydrogen-bond acceptors (Lipinski definition) is 2. The molecule has 2 heterocycles. The maximum absolute atomic E-state index is 5.83. The maximum Gasteiger partial charge on any atom is 0.141 e. The highest BCUT2D eigenvalue weighted by Crippen LogP contribution is 2.29. The van der Waals surface area contributed by atoms with Crippen LogP contribution in [0.4, 0.5) is 0 Å².